The highest BCUT2D eigenvalue weighted by Gasteiger charge is 1.92. The summed E-state index contributed by atoms with van der Waals surface area (Å²) in [6.45, 7) is 2.56. The van der Waals surface area contributed by atoms with Gasteiger partial charge in [0.05, 0.1) is 0 Å². The molecule has 0 aromatic carbocycles. The van der Waals surface area contributed by atoms with Crippen molar-refractivity contribution in [2.24, 2.45) is 0 Å². The van der Waals surface area contributed by atoms with Crippen molar-refractivity contribution in [2.75, 3.05) is 33.2 Å². The number of nitrogens with one attached hydrogen (secondary N) is 4. The first-order valence-electron chi connectivity index (χ1n) is 4.14. The topological polar surface area (TPSA) is 82.3 Å². The van der Waals surface area contributed by atoms with Crippen LogP contribution in [0, 0.1) is 0 Å². The van der Waals surface area contributed by atoms with Crippen molar-refractivity contribution in [1.29, 1.82) is 0 Å². The van der Waals surface area contributed by atoms with Gasteiger partial charge in [0.1, 0.15) is 0 Å². The molecule has 0 radical (unpaired) electrons. The lowest BCUT2D eigenvalue weighted by molar-refractivity contribution is -0.109. The molecule has 13 heavy (non-hydrogen) atoms. The third kappa shape index (κ3) is 8.61. The van der Waals surface area contributed by atoms with Crippen LogP contribution in [0.4, 0.5) is 4.79 Å². The molecule has 0 aliphatic carbocycles. The van der Waals surface area contributed by atoms with Crippen molar-refractivity contribution < 1.29 is 9.59 Å². The van der Waals surface area contributed by atoms with Crippen molar-refractivity contribution in [2.45, 2.75) is 0 Å². The van der Waals surface area contributed by atoms with Crippen LogP contribution < -0.4 is 21.3 Å². The van der Waals surface area contributed by atoms with E-state index in [-0.39, 0.29) is 6.03 Å². The van der Waals surface area contributed by atoms with Gasteiger partial charge in [-0.3, -0.25) is 4.79 Å². The summed E-state index contributed by atoms with van der Waals surface area (Å²) in [5, 5.41) is 10.6. The summed E-state index contributed by atoms with van der Waals surface area (Å²) < 4.78 is 0. The van der Waals surface area contributed by atoms with E-state index in [1.807, 2.05) is 0 Å². The normalized spacial score (nSPS) is 9.00. The summed E-state index contributed by atoms with van der Waals surface area (Å²) in [7, 11) is 1.57. The minimum atomic E-state index is -0.187. The minimum absolute atomic E-state index is 0.187. The molecular weight excluding hydrogens is 172 g/mol. The number of rotatable bonds is 7. The van der Waals surface area contributed by atoms with Gasteiger partial charge in [-0.2, -0.15) is 0 Å². The van der Waals surface area contributed by atoms with E-state index < -0.39 is 0 Å². The fourth-order valence-corrected chi connectivity index (χ4v) is 0.697. The van der Waals surface area contributed by atoms with Crippen LogP contribution in [0.1, 0.15) is 0 Å². The fourth-order valence-electron chi connectivity index (χ4n) is 0.697. The van der Waals surface area contributed by atoms with Crippen LogP contribution in [0.3, 0.4) is 0 Å². The zero-order chi connectivity index (χ0) is 9.94. The van der Waals surface area contributed by atoms with E-state index in [0.29, 0.717) is 32.6 Å². The monoisotopic (exact) mass is 188 g/mol. The molecule has 0 aliphatic rings. The SMILES string of the molecule is CNC(=O)NCCNCCNC=O. The third-order valence-corrected chi connectivity index (χ3v) is 1.34. The van der Waals surface area contributed by atoms with Crippen molar-refractivity contribution in [3.8, 4) is 0 Å². The Kier molecular flexibility index (Phi) is 7.91. The molecular formula is C7H16N4O2. The summed E-state index contributed by atoms with van der Waals surface area (Å²) in [4.78, 5) is 20.5. The van der Waals surface area contributed by atoms with Crippen molar-refractivity contribution >= 4 is 12.4 Å². The first-order chi connectivity index (χ1) is 6.31. The van der Waals surface area contributed by atoms with Gasteiger partial charge < -0.3 is 21.3 Å². The number of hydrogen-bond acceptors (Lipinski definition) is 3. The summed E-state index contributed by atoms with van der Waals surface area (Å²) in [6, 6.07) is -0.187. The van der Waals surface area contributed by atoms with Gasteiger partial charge >= 0.3 is 6.03 Å². The molecule has 0 saturated heterocycles. The van der Waals surface area contributed by atoms with Gasteiger partial charge in [-0.05, 0) is 0 Å². The van der Waals surface area contributed by atoms with E-state index in [0.717, 1.165) is 0 Å². The summed E-state index contributed by atoms with van der Waals surface area (Å²) in [5.41, 5.74) is 0. The maximum atomic E-state index is 10.6. The second-order valence-electron chi connectivity index (χ2n) is 2.33. The van der Waals surface area contributed by atoms with E-state index in [4.69, 9.17) is 0 Å². The predicted molar refractivity (Wildman–Crippen MR) is 49.4 cm³/mol. The number of urea groups is 1. The molecule has 6 heteroatoms. The molecule has 3 amide bonds. The zero-order valence-corrected chi connectivity index (χ0v) is 7.72. The molecule has 6 nitrogen and oxygen atoms in total. The van der Waals surface area contributed by atoms with Gasteiger partial charge in [0.15, 0.2) is 0 Å². The van der Waals surface area contributed by atoms with Crippen LogP contribution in [-0.4, -0.2) is 45.7 Å². The average Bonchev–Trinajstić information content (AvgIpc) is 2.16. The Morgan fingerprint density at radius 3 is 2.54 bits per heavy atom. The summed E-state index contributed by atoms with van der Waals surface area (Å²) >= 11 is 0. The molecule has 4 N–H and O–H groups in total. The molecule has 0 atom stereocenters. The smallest absolute Gasteiger partial charge is 0.314 e. The summed E-state index contributed by atoms with van der Waals surface area (Å²) in [5.74, 6) is 0. The lowest BCUT2D eigenvalue weighted by Crippen LogP contribution is -2.38. The highest BCUT2D eigenvalue weighted by atomic mass is 16.2. The fraction of sp³-hybridized carbons (Fsp3) is 0.714. The van der Waals surface area contributed by atoms with Crippen LogP contribution in [0.2, 0.25) is 0 Å². The number of hydrogen-bond donors (Lipinski definition) is 4. The Hall–Kier alpha value is -1.30. The van der Waals surface area contributed by atoms with Gasteiger partial charge in [-0.1, -0.05) is 0 Å². The average molecular weight is 188 g/mol. The molecule has 0 unspecified atom stereocenters. The van der Waals surface area contributed by atoms with Gasteiger partial charge in [-0.15, -0.1) is 0 Å². The lowest BCUT2D eigenvalue weighted by atomic mass is 10.5. The predicted octanol–water partition coefficient (Wildman–Crippen LogP) is -1.75. The van der Waals surface area contributed by atoms with Gasteiger partial charge in [0.25, 0.3) is 0 Å². The Labute approximate surface area is 77.5 Å². The highest BCUT2D eigenvalue weighted by molar-refractivity contribution is 5.73. The molecule has 0 spiro atoms. The van der Waals surface area contributed by atoms with Crippen molar-refractivity contribution in [3.63, 3.8) is 0 Å². The van der Waals surface area contributed by atoms with Gasteiger partial charge in [0.2, 0.25) is 6.41 Å². The van der Waals surface area contributed by atoms with E-state index in [2.05, 4.69) is 21.3 Å². The number of amides is 3. The number of carbonyl (C=O) groups is 2. The largest absolute Gasteiger partial charge is 0.357 e. The zero-order valence-electron chi connectivity index (χ0n) is 7.72. The van der Waals surface area contributed by atoms with Crippen molar-refractivity contribution in [3.05, 3.63) is 0 Å². The molecule has 0 aromatic heterocycles. The van der Waals surface area contributed by atoms with Crippen LogP contribution in [0.15, 0.2) is 0 Å². The lowest BCUT2D eigenvalue weighted by Gasteiger charge is -2.05. The minimum Gasteiger partial charge on any atom is -0.357 e. The standard InChI is InChI=1S/C7H16N4O2/c1-8-7(13)11-5-4-9-2-3-10-6-12/h6,9H,2-5H2,1H3,(H,10,12)(H2,8,11,13). The van der Waals surface area contributed by atoms with Gasteiger partial charge in [-0.25, -0.2) is 4.79 Å². The van der Waals surface area contributed by atoms with Crippen LogP contribution in [0.25, 0.3) is 0 Å². The first-order valence-corrected chi connectivity index (χ1v) is 4.14. The van der Waals surface area contributed by atoms with E-state index in [1.165, 1.54) is 0 Å². The Morgan fingerprint density at radius 1 is 1.23 bits per heavy atom. The number of carbonyl (C=O) groups excluding carboxylic acids is 2. The van der Waals surface area contributed by atoms with Gasteiger partial charge in [0, 0.05) is 33.2 Å². The maximum absolute atomic E-state index is 10.6. The maximum Gasteiger partial charge on any atom is 0.314 e. The summed E-state index contributed by atoms with van der Waals surface area (Å²) in [6.07, 6.45) is 0.657. The quantitative estimate of drug-likeness (QED) is 0.282. The molecule has 0 fully saturated rings. The molecule has 0 aliphatic heterocycles. The van der Waals surface area contributed by atoms with Crippen LogP contribution in [0.5, 0.6) is 0 Å². The van der Waals surface area contributed by atoms with E-state index in [1.54, 1.807) is 7.05 Å². The highest BCUT2D eigenvalue weighted by Crippen LogP contribution is 1.61. The molecule has 0 aromatic rings. The van der Waals surface area contributed by atoms with E-state index in [9.17, 15) is 9.59 Å². The Morgan fingerprint density at radius 2 is 1.92 bits per heavy atom. The first kappa shape index (κ1) is 11.7. The third-order valence-electron chi connectivity index (χ3n) is 1.34. The second-order valence-corrected chi connectivity index (χ2v) is 2.33. The Bertz CT molecular complexity index is 151. The van der Waals surface area contributed by atoms with Crippen LogP contribution in [-0.2, 0) is 4.79 Å². The molecule has 0 rings (SSSR count). The second kappa shape index (κ2) is 8.79. The van der Waals surface area contributed by atoms with Crippen molar-refractivity contribution in [1.82, 2.24) is 21.3 Å². The molecule has 0 saturated carbocycles. The molecule has 76 valence electrons. The van der Waals surface area contributed by atoms with E-state index >= 15 is 0 Å². The molecule has 0 bridgehead atoms. The molecule has 0 heterocycles. The van der Waals surface area contributed by atoms with Crippen LogP contribution >= 0.6 is 0 Å². The Balaban J connectivity index is 2.99.